The van der Waals surface area contributed by atoms with Crippen LogP contribution < -0.4 is 10.1 Å². The lowest BCUT2D eigenvalue weighted by Gasteiger charge is -2.42. The van der Waals surface area contributed by atoms with Gasteiger partial charge in [0.25, 0.3) is 0 Å². The Morgan fingerprint density at radius 3 is 2.37 bits per heavy atom. The fourth-order valence-corrected chi connectivity index (χ4v) is 4.42. The third-order valence-electron chi connectivity index (χ3n) is 5.87. The zero-order valence-corrected chi connectivity index (χ0v) is 18.4. The second kappa shape index (κ2) is 9.47. The second-order valence-electron chi connectivity index (χ2n) is 8.97. The minimum atomic E-state index is -0.823. The van der Waals surface area contributed by atoms with Crippen molar-refractivity contribution in [3.63, 3.8) is 0 Å². The van der Waals surface area contributed by atoms with E-state index in [4.69, 9.17) is 4.74 Å². The highest BCUT2D eigenvalue weighted by Gasteiger charge is 2.35. The molecule has 1 aliphatic carbocycles. The van der Waals surface area contributed by atoms with Crippen molar-refractivity contribution in [2.24, 2.45) is 0 Å². The molecule has 0 aliphatic heterocycles. The molecule has 1 fully saturated rings. The van der Waals surface area contributed by atoms with Crippen LogP contribution in [-0.4, -0.2) is 45.8 Å². The van der Waals surface area contributed by atoms with Gasteiger partial charge in [0, 0.05) is 42.1 Å². The van der Waals surface area contributed by atoms with Crippen molar-refractivity contribution in [3.05, 3.63) is 48.3 Å². The molecular formula is C24H33N3O3. The first kappa shape index (κ1) is 22.1. The van der Waals surface area contributed by atoms with Gasteiger partial charge in [-0.2, -0.15) is 0 Å². The number of carbonyl (C=O) groups is 1. The molecule has 6 nitrogen and oxygen atoms in total. The largest absolute Gasteiger partial charge is 0.496 e. The summed E-state index contributed by atoms with van der Waals surface area (Å²) in [6.45, 7) is 6.62. The number of ether oxygens (including phenoxy) is 1. The molecule has 1 aromatic carbocycles. The van der Waals surface area contributed by atoms with Crippen LogP contribution >= 0.6 is 0 Å². The van der Waals surface area contributed by atoms with E-state index in [1.165, 1.54) is 0 Å². The maximum atomic E-state index is 11.7. The highest BCUT2D eigenvalue weighted by atomic mass is 16.5. The Labute approximate surface area is 179 Å². The van der Waals surface area contributed by atoms with Crippen LogP contribution in [0.15, 0.2) is 42.7 Å². The topological polar surface area (TPSA) is 74.7 Å². The predicted octanol–water partition coefficient (Wildman–Crippen LogP) is 4.94. The molecule has 6 heteroatoms. The highest BCUT2D eigenvalue weighted by Crippen LogP contribution is 2.30. The molecule has 0 saturated heterocycles. The molecule has 162 valence electrons. The van der Waals surface area contributed by atoms with Crippen molar-refractivity contribution in [2.45, 2.75) is 70.6 Å². The number of nitrogens with one attached hydrogen (secondary N) is 1. The maximum absolute atomic E-state index is 11.7. The quantitative estimate of drug-likeness (QED) is 0.704. The summed E-state index contributed by atoms with van der Waals surface area (Å²) in [5.41, 5.74) is 3.01. The van der Waals surface area contributed by atoms with Crippen LogP contribution in [0.25, 0.3) is 11.1 Å². The summed E-state index contributed by atoms with van der Waals surface area (Å²) >= 11 is 0. The standard InChI is InChI=1S/C24H33N3O3/c1-24(2,3)27(23(28)29)21-8-6-20(7-9-21)26-16-19-15-18(5-10-22(19)30-4)17-11-13-25-14-12-17/h5,10-15,20-21,26H,6-9,16H2,1-4H3,(H,28,29). The van der Waals surface area contributed by atoms with E-state index in [-0.39, 0.29) is 11.6 Å². The van der Waals surface area contributed by atoms with Gasteiger partial charge >= 0.3 is 6.09 Å². The van der Waals surface area contributed by atoms with Crippen LogP contribution in [0.4, 0.5) is 4.79 Å². The van der Waals surface area contributed by atoms with Crippen LogP contribution in [0.3, 0.4) is 0 Å². The summed E-state index contributed by atoms with van der Waals surface area (Å²) in [6, 6.07) is 10.7. The Hall–Kier alpha value is -2.60. The van der Waals surface area contributed by atoms with Gasteiger partial charge in [-0.15, -0.1) is 0 Å². The molecule has 1 aromatic heterocycles. The van der Waals surface area contributed by atoms with Gasteiger partial charge in [-0.1, -0.05) is 6.07 Å². The SMILES string of the molecule is COc1ccc(-c2ccncc2)cc1CNC1CCC(N(C(=O)O)C(C)(C)C)CC1. The molecule has 1 saturated carbocycles. The van der Waals surface area contributed by atoms with Gasteiger partial charge in [0.1, 0.15) is 5.75 Å². The number of hydrogen-bond acceptors (Lipinski definition) is 4. The molecule has 0 unspecified atom stereocenters. The van der Waals surface area contributed by atoms with Crippen LogP contribution in [0.5, 0.6) is 5.75 Å². The molecule has 1 amide bonds. The highest BCUT2D eigenvalue weighted by molar-refractivity contribution is 5.66. The third-order valence-corrected chi connectivity index (χ3v) is 5.87. The number of pyridine rings is 1. The Morgan fingerprint density at radius 2 is 1.80 bits per heavy atom. The molecule has 2 aromatic rings. The van der Waals surface area contributed by atoms with E-state index in [0.29, 0.717) is 6.04 Å². The van der Waals surface area contributed by atoms with Crippen molar-refractivity contribution >= 4 is 6.09 Å². The zero-order chi connectivity index (χ0) is 21.7. The first-order valence-corrected chi connectivity index (χ1v) is 10.6. The van der Waals surface area contributed by atoms with E-state index >= 15 is 0 Å². The number of nitrogens with zero attached hydrogens (tertiary/aromatic N) is 2. The van der Waals surface area contributed by atoms with E-state index < -0.39 is 6.09 Å². The lowest BCUT2D eigenvalue weighted by molar-refractivity contribution is 0.0530. The Bertz CT molecular complexity index is 841. The van der Waals surface area contributed by atoms with Crippen LogP contribution in [0.1, 0.15) is 52.0 Å². The number of aromatic nitrogens is 1. The molecule has 2 N–H and O–H groups in total. The Kier molecular flexibility index (Phi) is 6.98. The first-order chi connectivity index (χ1) is 14.3. The third kappa shape index (κ3) is 5.30. The van der Waals surface area contributed by atoms with Gasteiger partial charge in [0.05, 0.1) is 7.11 Å². The summed E-state index contributed by atoms with van der Waals surface area (Å²) in [7, 11) is 1.70. The number of carboxylic acid groups (broad SMARTS) is 1. The summed E-state index contributed by atoms with van der Waals surface area (Å²) in [6.07, 6.45) is 6.48. The van der Waals surface area contributed by atoms with Crippen LogP contribution in [-0.2, 0) is 6.54 Å². The normalized spacial score (nSPS) is 19.3. The lowest BCUT2D eigenvalue weighted by Crippen LogP contribution is -2.53. The van der Waals surface area contributed by atoms with Crippen molar-refractivity contribution in [3.8, 4) is 16.9 Å². The molecule has 30 heavy (non-hydrogen) atoms. The van der Waals surface area contributed by atoms with Gasteiger partial charge < -0.3 is 20.1 Å². The molecular weight excluding hydrogens is 378 g/mol. The zero-order valence-electron chi connectivity index (χ0n) is 18.4. The monoisotopic (exact) mass is 411 g/mol. The molecule has 0 atom stereocenters. The molecule has 3 rings (SSSR count). The fraction of sp³-hybridized carbons (Fsp3) is 0.500. The second-order valence-corrected chi connectivity index (χ2v) is 8.97. The average Bonchev–Trinajstić information content (AvgIpc) is 2.72. The van der Waals surface area contributed by atoms with Gasteiger partial charge in [-0.05, 0) is 81.8 Å². The summed E-state index contributed by atoms with van der Waals surface area (Å²) in [4.78, 5) is 17.5. The Morgan fingerprint density at radius 1 is 1.13 bits per heavy atom. The molecule has 0 spiro atoms. The minimum Gasteiger partial charge on any atom is -0.496 e. The predicted molar refractivity (Wildman–Crippen MR) is 119 cm³/mol. The van der Waals surface area contributed by atoms with Crippen molar-refractivity contribution in [1.29, 1.82) is 0 Å². The van der Waals surface area contributed by atoms with E-state index in [2.05, 4.69) is 22.4 Å². The van der Waals surface area contributed by atoms with E-state index in [9.17, 15) is 9.90 Å². The minimum absolute atomic E-state index is 0.0881. The van der Waals surface area contributed by atoms with Gasteiger partial charge in [0.2, 0.25) is 0 Å². The number of rotatable bonds is 6. The van der Waals surface area contributed by atoms with Crippen molar-refractivity contribution < 1.29 is 14.6 Å². The van der Waals surface area contributed by atoms with Crippen molar-refractivity contribution in [1.82, 2.24) is 15.2 Å². The van der Waals surface area contributed by atoms with Gasteiger partial charge in [0.15, 0.2) is 0 Å². The maximum Gasteiger partial charge on any atom is 0.407 e. The van der Waals surface area contributed by atoms with Crippen LogP contribution in [0, 0.1) is 0 Å². The summed E-state index contributed by atoms with van der Waals surface area (Å²) < 4.78 is 5.56. The van der Waals surface area contributed by atoms with Crippen LogP contribution in [0.2, 0.25) is 0 Å². The molecule has 0 bridgehead atoms. The Balaban J connectivity index is 1.62. The van der Waals surface area contributed by atoms with E-state index in [1.54, 1.807) is 24.4 Å². The molecule has 1 heterocycles. The molecule has 1 aliphatic rings. The average molecular weight is 412 g/mol. The smallest absolute Gasteiger partial charge is 0.407 e. The lowest BCUT2D eigenvalue weighted by atomic mass is 9.88. The number of hydrogen-bond donors (Lipinski definition) is 2. The van der Waals surface area contributed by atoms with Gasteiger partial charge in [-0.3, -0.25) is 4.98 Å². The van der Waals surface area contributed by atoms with Gasteiger partial charge in [-0.25, -0.2) is 4.79 Å². The molecule has 0 radical (unpaired) electrons. The summed E-state index contributed by atoms with van der Waals surface area (Å²) in [5, 5.41) is 13.3. The first-order valence-electron chi connectivity index (χ1n) is 10.6. The number of methoxy groups -OCH3 is 1. The number of amides is 1. The number of benzene rings is 1. The fourth-order valence-electron chi connectivity index (χ4n) is 4.42. The van der Waals surface area contributed by atoms with E-state index in [0.717, 1.165) is 54.7 Å². The van der Waals surface area contributed by atoms with E-state index in [1.807, 2.05) is 39.0 Å². The summed E-state index contributed by atoms with van der Waals surface area (Å²) in [5.74, 6) is 0.874. The van der Waals surface area contributed by atoms with Crippen molar-refractivity contribution in [2.75, 3.05) is 7.11 Å².